The fourth-order valence-electron chi connectivity index (χ4n) is 8.38. The van der Waals surface area contributed by atoms with Gasteiger partial charge in [0.05, 0.1) is 16.7 Å². The largest absolute Gasteiger partial charge is 0.310 e. The maximum Gasteiger partial charge on any atom is 0.0555 e. The highest BCUT2D eigenvalue weighted by Crippen LogP contribution is 2.45. The van der Waals surface area contributed by atoms with E-state index >= 15 is 0 Å². The molecule has 0 saturated heterocycles. The molecule has 0 spiro atoms. The Labute approximate surface area is 323 Å². The Kier molecular flexibility index (Phi) is 7.39. The normalized spacial score (nSPS) is 11.6. The molecular weight excluding hydrogens is 685 g/mol. The molecule has 0 aliphatic heterocycles. The van der Waals surface area contributed by atoms with Crippen LogP contribution in [0, 0.1) is 0 Å². The minimum Gasteiger partial charge on any atom is -0.310 e. The van der Waals surface area contributed by atoms with Crippen LogP contribution in [0.1, 0.15) is 0 Å². The van der Waals surface area contributed by atoms with Gasteiger partial charge in [-0.05, 0) is 88.3 Å². The lowest BCUT2D eigenvalue weighted by molar-refractivity contribution is 1.18. The average Bonchev–Trinajstić information content (AvgIpc) is 3.80. The maximum absolute atomic E-state index is 2.44. The van der Waals surface area contributed by atoms with Crippen molar-refractivity contribution in [2.24, 2.45) is 0 Å². The smallest absolute Gasteiger partial charge is 0.0555 e. The van der Waals surface area contributed by atoms with E-state index in [1.54, 1.807) is 0 Å². The lowest BCUT2D eigenvalue weighted by Gasteiger charge is -2.27. The molecule has 2 nitrogen and oxygen atoms in total. The molecule has 0 aliphatic carbocycles. The van der Waals surface area contributed by atoms with Crippen molar-refractivity contribution in [1.29, 1.82) is 0 Å². The number of aromatic nitrogens is 1. The molecular formula is C52H34N2S. The van der Waals surface area contributed by atoms with Crippen LogP contribution in [0.2, 0.25) is 0 Å². The number of rotatable bonds is 6. The number of fused-ring (bicyclic) bond motifs is 8. The molecule has 11 aromatic rings. The van der Waals surface area contributed by atoms with Gasteiger partial charge in [0.25, 0.3) is 0 Å². The minimum absolute atomic E-state index is 1.11. The van der Waals surface area contributed by atoms with Crippen LogP contribution in [0.15, 0.2) is 206 Å². The predicted octanol–water partition coefficient (Wildman–Crippen LogP) is 15.1. The summed E-state index contributed by atoms with van der Waals surface area (Å²) in [6.45, 7) is 0. The molecule has 0 amide bonds. The lowest BCUT2D eigenvalue weighted by Crippen LogP contribution is -2.10. The first-order chi connectivity index (χ1) is 27.3. The molecule has 258 valence electrons. The Balaban J connectivity index is 1.05. The summed E-state index contributed by atoms with van der Waals surface area (Å²) in [5.41, 5.74) is 11.8. The maximum atomic E-state index is 2.44. The van der Waals surface area contributed by atoms with Crippen LogP contribution in [0.4, 0.5) is 17.1 Å². The molecule has 0 atom stereocenters. The molecule has 0 unspecified atom stereocenters. The topological polar surface area (TPSA) is 8.17 Å². The van der Waals surface area contributed by atoms with Gasteiger partial charge in [-0.25, -0.2) is 0 Å². The first-order valence-corrected chi connectivity index (χ1v) is 19.6. The number of anilines is 3. The second-order valence-corrected chi connectivity index (χ2v) is 15.2. The van der Waals surface area contributed by atoms with Gasteiger partial charge in [-0.2, -0.15) is 0 Å². The van der Waals surface area contributed by atoms with Crippen LogP contribution in [0.5, 0.6) is 0 Å². The number of nitrogens with zero attached hydrogens (tertiary/aromatic N) is 2. The molecule has 0 saturated carbocycles. The van der Waals surface area contributed by atoms with E-state index in [1.807, 2.05) is 11.3 Å². The zero-order chi connectivity index (χ0) is 36.3. The summed E-state index contributed by atoms with van der Waals surface area (Å²) in [5, 5.41) is 7.68. The second kappa shape index (κ2) is 12.9. The second-order valence-electron chi connectivity index (χ2n) is 14.1. The highest BCUT2D eigenvalue weighted by molar-refractivity contribution is 7.26. The van der Waals surface area contributed by atoms with E-state index in [0.717, 1.165) is 17.1 Å². The summed E-state index contributed by atoms with van der Waals surface area (Å²) >= 11 is 1.90. The van der Waals surface area contributed by atoms with E-state index < -0.39 is 0 Å². The molecule has 0 bridgehead atoms. The van der Waals surface area contributed by atoms with Crippen molar-refractivity contribution in [1.82, 2.24) is 4.57 Å². The van der Waals surface area contributed by atoms with Crippen molar-refractivity contribution in [3.63, 3.8) is 0 Å². The van der Waals surface area contributed by atoms with Crippen molar-refractivity contribution in [2.45, 2.75) is 0 Å². The van der Waals surface area contributed by atoms with Gasteiger partial charge >= 0.3 is 0 Å². The Hall–Kier alpha value is -6.94. The first kappa shape index (κ1) is 31.6. The Morgan fingerprint density at radius 3 is 1.73 bits per heavy atom. The number of benzene rings is 9. The van der Waals surface area contributed by atoms with Crippen LogP contribution in [-0.4, -0.2) is 4.57 Å². The van der Waals surface area contributed by atoms with Crippen molar-refractivity contribution in [3.05, 3.63) is 206 Å². The zero-order valence-corrected chi connectivity index (χ0v) is 30.7. The van der Waals surface area contributed by atoms with Crippen LogP contribution in [0.3, 0.4) is 0 Å². The first-order valence-electron chi connectivity index (χ1n) is 18.8. The van der Waals surface area contributed by atoms with Crippen molar-refractivity contribution < 1.29 is 0 Å². The summed E-state index contributed by atoms with van der Waals surface area (Å²) < 4.78 is 5.11. The van der Waals surface area contributed by atoms with Gasteiger partial charge in [0.15, 0.2) is 0 Å². The summed E-state index contributed by atoms with van der Waals surface area (Å²) in [5.74, 6) is 0. The number of para-hydroxylation sites is 1. The molecule has 2 heterocycles. The van der Waals surface area contributed by atoms with E-state index in [2.05, 4.69) is 216 Å². The highest BCUT2D eigenvalue weighted by Gasteiger charge is 2.19. The van der Waals surface area contributed by atoms with E-state index in [4.69, 9.17) is 0 Å². The third-order valence-corrected chi connectivity index (χ3v) is 12.2. The van der Waals surface area contributed by atoms with Crippen molar-refractivity contribution in [2.75, 3.05) is 4.90 Å². The lowest BCUT2D eigenvalue weighted by atomic mass is 10.0. The zero-order valence-electron chi connectivity index (χ0n) is 29.9. The fourth-order valence-corrected chi connectivity index (χ4v) is 9.64. The summed E-state index contributed by atoms with van der Waals surface area (Å²) in [6.07, 6.45) is 0. The molecule has 0 radical (unpaired) electrons. The van der Waals surface area contributed by atoms with Crippen LogP contribution in [-0.2, 0) is 0 Å². The van der Waals surface area contributed by atoms with Gasteiger partial charge in [0, 0.05) is 53.4 Å². The van der Waals surface area contributed by atoms with Gasteiger partial charge in [-0.3, -0.25) is 0 Å². The predicted molar refractivity (Wildman–Crippen MR) is 237 cm³/mol. The summed E-state index contributed by atoms with van der Waals surface area (Å²) in [4.78, 5) is 2.38. The minimum atomic E-state index is 1.11. The van der Waals surface area contributed by atoms with Gasteiger partial charge < -0.3 is 9.47 Å². The molecule has 0 aliphatic rings. The molecule has 2 aromatic heterocycles. The number of hydrogen-bond donors (Lipinski definition) is 0. The highest BCUT2D eigenvalue weighted by atomic mass is 32.1. The third kappa shape index (κ3) is 5.24. The van der Waals surface area contributed by atoms with E-state index in [9.17, 15) is 0 Å². The quantitative estimate of drug-likeness (QED) is 0.166. The van der Waals surface area contributed by atoms with E-state index in [0.29, 0.717) is 0 Å². The standard InChI is InChI=1S/C52H34N2S/c1-3-12-35(13-4-1)36-22-27-41(28-23-36)53(47-20-11-15-38-14-7-8-18-43(38)47)42-29-24-37(25-30-42)39-26-31-46-49(34-39)54(40-16-5-2-6-17-40)48-33-32-45-44-19-9-10-21-50(44)55-52(45)51(46)48/h1-34H. The molecule has 0 N–H and O–H groups in total. The van der Waals surface area contributed by atoms with Crippen LogP contribution in [0.25, 0.3) is 80.7 Å². The molecule has 11 rings (SSSR count). The number of thiophene rings is 1. The van der Waals surface area contributed by atoms with Gasteiger partial charge in [-0.15, -0.1) is 11.3 Å². The van der Waals surface area contributed by atoms with Crippen LogP contribution >= 0.6 is 11.3 Å². The van der Waals surface area contributed by atoms with Crippen molar-refractivity contribution in [3.8, 4) is 27.9 Å². The fraction of sp³-hybridized carbons (Fsp3) is 0. The van der Waals surface area contributed by atoms with Gasteiger partial charge in [-0.1, -0.05) is 146 Å². The average molecular weight is 719 g/mol. The monoisotopic (exact) mass is 718 g/mol. The van der Waals surface area contributed by atoms with E-state index in [-0.39, 0.29) is 0 Å². The Morgan fingerprint density at radius 2 is 0.964 bits per heavy atom. The van der Waals surface area contributed by atoms with E-state index in [1.165, 1.54) is 80.7 Å². The van der Waals surface area contributed by atoms with Gasteiger partial charge in [0.2, 0.25) is 0 Å². The van der Waals surface area contributed by atoms with Gasteiger partial charge in [0.1, 0.15) is 0 Å². The summed E-state index contributed by atoms with van der Waals surface area (Å²) in [6, 6.07) is 75.0. The molecule has 0 fully saturated rings. The molecule has 55 heavy (non-hydrogen) atoms. The molecule has 9 aromatic carbocycles. The molecule has 3 heteroatoms. The SMILES string of the molecule is c1ccc(-c2ccc(N(c3ccc(-c4ccc5c6c7sc8ccccc8c7ccc6n(-c6ccccc6)c5c4)cc3)c3cccc4ccccc34)cc2)cc1. The third-order valence-electron chi connectivity index (χ3n) is 11.0. The summed E-state index contributed by atoms with van der Waals surface area (Å²) in [7, 11) is 0. The van der Waals surface area contributed by atoms with Crippen molar-refractivity contribution >= 4 is 81.1 Å². The van der Waals surface area contributed by atoms with Crippen LogP contribution < -0.4 is 4.90 Å². The number of hydrogen-bond acceptors (Lipinski definition) is 2. The Bertz CT molecular complexity index is 3170. The Morgan fingerprint density at radius 1 is 0.382 bits per heavy atom.